The lowest BCUT2D eigenvalue weighted by molar-refractivity contribution is -0.0597. The molecule has 1 atom stereocenters. The van der Waals surface area contributed by atoms with E-state index in [2.05, 4.69) is 0 Å². The molecule has 0 radical (unpaired) electrons. The Morgan fingerprint density at radius 1 is 1.28 bits per heavy atom. The molecule has 18 heavy (non-hydrogen) atoms. The Morgan fingerprint density at radius 3 is 2.56 bits per heavy atom. The summed E-state index contributed by atoms with van der Waals surface area (Å²) in [5.41, 5.74) is 7.98. The summed E-state index contributed by atoms with van der Waals surface area (Å²) in [5.74, 6) is -0.229. The quantitative estimate of drug-likeness (QED) is 0.892. The van der Waals surface area contributed by atoms with Crippen molar-refractivity contribution in [3.8, 4) is 0 Å². The van der Waals surface area contributed by atoms with Crippen molar-refractivity contribution in [3.63, 3.8) is 0 Å². The average Bonchev–Trinajstić information content (AvgIpc) is 2.41. The first-order valence-electron chi connectivity index (χ1n) is 6.66. The molecule has 2 N–H and O–H groups in total. The summed E-state index contributed by atoms with van der Waals surface area (Å²) < 4.78 is 19.1. The van der Waals surface area contributed by atoms with E-state index < -0.39 is 0 Å². The van der Waals surface area contributed by atoms with Crippen LogP contribution in [-0.2, 0) is 4.74 Å². The van der Waals surface area contributed by atoms with Crippen LogP contribution < -0.4 is 5.73 Å². The van der Waals surface area contributed by atoms with Gasteiger partial charge in [0.25, 0.3) is 0 Å². The zero-order valence-electron chi connectivity index (χ0n) is 11.2. The first kappa shape index (κ1) is 13.5. The Morgan fingerprint density at radius 2 is 1.94 bits per heavy atom. The molecule has 2 rings (SSSR count). The Labute approximate surface area is 108 Å². The van der Waals surface area contributed by atoms with Crippen LogP contribution in [-0.4, -0.2) is 12.7 Å². The van der Waals surface area contributed by atoms with Gasteiger partial charge in [0, 0.05) is 7.11 Å². The first-order valence-corrected chi connectivity index (χ1v) is 6.66. The number of aryl methyl sites for hydroxylation is 1. The van der Waals surface area contributed by atoms with Crippen molar-refractivity contribution >= 4 is 0 Å². The summed E-state index contributed by atoms with van der Waals surface area (Å²) in [5, 5.41) is 0. The van der Waals surface area contributed by atoms with Gasteiger partial charge in [0.2, 0.25) is 0 Å². The third kappa shape index (κ3) is 2.43. The lowest BCUT2D eigenvalue weighted by Gasteiger charge is -2.41. The Bertz CT molecular complexity index is 413. The van der Waals surface area contributed by atoms with E-state index in [1.165, 1.54) is 12.5 Å². The van der Waals surface area contributed by atoms with Gasteiger partial charge in [-0.1, -0.05) is 25.3 Å². The fourth-order valence-corrected chi connectivity index (χ4v) is 3.02. The molecule has 2 nitrogen and oxygen atoms in total. The van der Waals surface area contributed by atoms with Crippen molar-refractivity contribution in [1.82, 2.24) is 0 Å². The summed E-state index contributed by atoms with van der Waals surface area (Å²) >= 11 is 0. The number of nitrogens with two attached hydrogens (primary N) is 1. The van der Waals surface area contributed by atoms with Crippen LogP contribution in [0.4, 0.5) is 4.39 Å². The van der Waals surface area contributed by atoms with Gasteiger partial charge in [0.1, 0.15) is 5.82 Å². The van der Waals surface area contributed by atoms with E-state index in [-0.39, 0.29) is 17.5 Å². The molecule has 0 aliphatic heterocycles. The number of hydrogen-bond acceptors (Lipinski definition) is 2. The summed E-state index contributed by atoms with van der Waals surface area (Å²) in [6.45, 7) is 1.97. The summed E-state index contributed by atoms with van der Waals surface area (Å²) in [6.07, 6.45) is 5.42. The highest BCUT2D eigenvalue weighted by Crippen LogP contribution is 2.40. The lowest BCUT2D eigenvalue weighted by atomic mass is 9.76. The number of ether oxygens (including phenoxy) is 1. The molecule has 0 heterocycles. The monoisotopic (exact) mass is 251 g/mol. The van der Waals surface area contributed by atoms with Crippen LogP contribution in [0.1, 0.15) is 49.3 Å². The Hall–Kier alpha value is -0.930. The molecule has 0 aromatic heterocycles. The average molecular weight is 251 g/mol. The largest absolute Gasteiger partial charge is 0.376 e. The van der Waals surface area contributed by atoms with E-state index in [4.69, 9.17) is 10.5 Å². The number of rotatable bonds is 3. The molecule has 0 amide bonds. The molecule has 1 fully saturated rings. The molecular weight excluding hydrogens is 229 g/mol. The van der Waals surface area contributed by atoms with Crippen LogP contribution in [0.25, 0.3) is 0 Å². The molecule has 0 saturated heterocycles. The SMILES string of the molecule is COC1(C(N)c2cc(F)ccc2C)CCCCC1. The molecular formula is C15H22FNO. The fourth-order valence-electron chi connectivity index (χ4n) is 3.02. The van der Waals surface area contributed by atoms with Gasteiger partial charge < -0.3 is 10.5 Å². The number of halogens is 1. The number of benzene rings is 1. The molecule has 0 bridgehead atoms. The topological polar surface area (TPSA) is 35.2 Å². The highest BCUT2D eigenvalue weighted by atomic mass is 19.1. The van der Waals surface area contributed by atoms with Gasteiger partial charge in [0.05, 0.1) is 11.6 Å². The lowest BCUT2D eigenvalue weighted by Crippen LogP contribution is -2.45. The van der Waals surface area contributed by atoms with Gasteiger partial charge in [-0.05, 0) is 43.0 Å². The second-order valence-electron chi connectivity index (χ2n) is 5.31. The van der Waals surface area contributed by atoms with E-state index in [9.17, 15) is 4.39 Å². The summed E-state index contributed by atoms with van der Waals surface area (Å²) in [6, 6.07) is 4.57. The molecule has 100 valence electrons. The number of hydrogen-bond donors (Lipinski definition) is 1. The summed E-state index contributed by atoms with van der Waals surface area (Å²) in [4.78, 5) is 0. The van der Waals surface area contributed by atoms with Crippen molar-refractivity contribution in [1.29, 1.82) is 0 Å². The van der Waals surface area contributed by atoms with Crippen LogP contribution in [0.2, 0.25) is 0 Å². The third-order valence-electron chi connectivity index (χ3n) is 4.25. The smallest absolute Gasteiger partial charge is 0.123 e. The van der Waals surface area contributed by atoms with Gasteiger partial charge in [-0.25, -0.2) is 4.39 Å². The van der Waals surface area contributed by atoms with E-state index in [1.807, 2.05) is 6.92 Å². The van der Waals surface area contributed by atoms with E-state index >= 15 is 0 Å². The van der Waals surface area contributed by atoms with Gasteiger partial charge in [0.15, 0.2) is 0 Å². The third-order valence-corrected chi connectivity index (χ3v) is 4.25. The van der Waals surface area contributed by atoms with Crippen LogP contribution in [0.15, 0.2) is 18.2 Å². The highest BCUT2D eigenvalue weighted by Gasteiger charge is 2.39. The van der Waals surface area contributed by atoms with Crippen molar-refractivity contribution in [2.24, 2.45) is 5.73 Å². The van der Waals surface area contributed by atoms with E-state index in [0.29, 0.717) is 0 Å². The van der Waals surface area contributed by atoms with Crippen molar-refractivity contribution < 1.29 is 9.13 Å². The van der Waals surface area contributed by atoms with Gasteiger partial charge in [-0.2, -0.15) is 0 Å². The zero-order chi connectivity index (χ0) is 13.2. The first-order chi connectivity index (χ1) is 8.59. The van der Waals surface area contributed by atoms with Crippen LogP contribution in [0.5, 0.6) is 0 Å². The predicted molar refractivity (Wildman–Crippen MR) is 70.9 cm³/mol. The molecule has 1 aromatic carbocycles. The molecule has 3 heteroatoms. The van der Waals surface area contributed by atoms with Crippen molar-refractivity contribution in [3.05, 3.63) is 35.1 Å². The molecule has 1 unspecified atom stereocenters. The second-order valence-corrected chi connectivity index (χ2v) is 5.31. The van der Waals surface area contributed by atoms with E-state index in [1.54, 1.807) is 19.2 Å². The molecule has 1 saturated carbocycles. The minimum Gasteiger partial charge on any atom is -0.376 e. The minimum absolute atomic E-state index is 0.229. The maximum absolute atomic E-state index is 13.4. The van der Waals surface area contributed by atoms with Gasteiger partial charge in [-0.15, -0.1) is 0 Å². The predicted octanol–water partition coefficient (Wildman–Crippen LogP) is 3.48. The fraction of sp³-hybridized carbons (Fsp3) is 0.600. The van der Waals surface area contributed by atoms with Gasteiger partial charge in [-0.3, -0.25) is 0 Å². The molecule has 1 aliphatic carbocycles. The Kier molecular flexibility index (Phi) is 4.03. The van der Waals surface area contributed by atoms with Crippen molar-refractivity contribution in [2.75, 3.05) is 7.11 Å². The zero-order valence-corrected chi connectivity index (χ0v) is 11.2. The van der Waals surface area contributed by atoms with Crippen LogP contribution >= 0.6 is 0 Å². The minimum atomic E-state index is -0.323. The number of methoxy groups -OCH3 is 1. The summed E-state index contributed by atoms with van der Waals surface area (Å²) in [7, 11) is 1.72. The van der Waals surface area contributed by atoms with Gasteiger partial charge >= 0.3 is 0 Å². The maximum Gasteiger partial charge on any atom is 0.123 e. The Balaban J connectivity index is 2.33. The highest BCUT2D eigenvalue weighted by molar-refractivity contribution is 5.31. The molecule has 1 aromatic rings. The van der Waals surface area contributed by atoms with Crippen LogP contribution in [0.3, 0.4) is 0 Å². The van der Waals surface area contributed by atoms with Crippen LogP contribution in [0, 0.1) is 12.7 Å². The molecule has 0 spiro atoms. The normalized spacial score (nSPS) is 20.7. The van der Waals surface area contributed by atoms with Crippen molar-refractivity contribution in [2.45, 2.75) is 50.7 Å². The second kappa shape index (κ2) is 5.37. The standard InChI is InChI=1S/C15H22FNO/c1-11-6-7-12(16)10-13(11)14(17)15(18-2)8-4-3-5-9-15/h6-7,10,14H,3-5,8-9,17H2,1-2H3. The molecule has 1 aliphatic rings. The maximum atomic E-state index is 13.4. The van der Waals surface area contributed by atoms with E-state index in [0.717, 1.165) is 36.8 Å².